The molecule has 0 fully saturated rings. The van der Waals surface area contributed by atoms with Crippen LogP contribution < -0.4 is 0 Å². The standard InChI is InChI=1S/C12H10O4/c1-8(12(13)14)11(9-4-2-6-15-9)10-5-3-7-16-10/h2-7H,1H3,(H,13,14). The van der Waals surface area contributed by atoms with Gasteiger partial charge < -0.3 is 13.9 Å². The Kier molecular flexibility index (Phi) is 2.64. The summed E-state index contributed by atoms with van der Waals surface area (Å²) >= 11 is 0. The van der Waals surface area contributed by atoms with Crippen molar-refractivity contribution in [3.8, 4) is 0 Å². The SMILES string of the molecule is CC(C(=O)O)=C(c1ccco1)c1ccco1. The normalized spacial score (nSPS) is 10.1. The fourth-order valence-corrected chi connectivity index (χ4v) is 1.44. The van der Waals surface area contributed by atoms with Gasteiger partial charge in [0, 0.05) is 5.57 Å². The van der Waals surface area contributed by atoms with Crippen LogP contribution in [-0.2, 0) is 4.79 Å². The molecule has 2 aromatic rings. The van der Waals surface area contributed by atoms with Gasteiger partial charge in [0.1, 0.15) is 11.5 Å². The Labute approximate surface area is 91.8 Å². The highest BCUT2D eigenvalue weighted by molar-refractivity contribution is 5.98. The van der Waals surface area contributed by atoms with Gasteiger partial charge in [0.25, 0.3) is 0 Å². The van der Waals surface area contributed by atoms with Crippen LogP contribution in [0.25, 0.3) is 5.57 Å². The molecule has 0 saturated carbocycles. The summed E-state index contributed by atoms with van der Waals surface area (Å²) in [6.45, 7) is 1.52. The fourth-order valence-electron chi connectivity index (χ4n) is 1.44. The maximum Gasteiger partial charge on any atom is 0.332 e. The molecule has 0 saturated heterocycles. The van der Waals surface area contributed by atoms with Crippen molar-refractivity contribution in [2.75, 3.05) is 0 Å². The molecule has 0 aliphatic rings. The lowest BCUT2D eigenvalue weighted by molar-refractivity contribution is -0.132. The molecule has 4 heteroatoms. The van der Waals surface area contributed by atoms with E-state index in [1.807, 2.05) is 0 Å². The zero-order chi connectivity index (χ0) is 11.5. The number of carboxylic acids is 1. The molecular formula is C12H10O4. The van der Waals surface area contributed by atoms with Crippen molar-refractivity contribution < 1.29 is 18.7 Å². The summed E-state index contributed by atoms with van der Waals surface area (Å²) in [6, 6.07) is 6.80. The second-order valence-electron chi connectivity index (χ2n) is 3.26. The molecule has 2 heterocycles. The summed E-state index contributed by atoms with van der Waals surface area (Å²) in [5, 5.41) is 9.01. The first-order valence-electron chi connectivity index (χ1n) is 4.72. The van der Waals surface area contributed by atoms with E-state index in [-0.39, 0.29) is 5.57 Å². The lowest BCUT2D eigenvalue weighted by atomic mass is 10.0. The third-order valence-electron chi connectivity index (χ3n) is 2.23. The lowest BCUT2D eigenvalue weighted by Crippen LogP contribution is -2.01. The highest BCUT2D eigenvalue weighted by Gasteiger charge is 2.17. The predicted molar refractivity (Wildman–Crippen MR) is 56.7 cm³/mol. The van der Waals surface area contributed by atoms with Gasteiger partial charge in [-0.3, -0.25) is 0 Å². The van der Waals surface area contributed by atoms with Crippen molar-refractivity contribution in [2.45, 2.75) is 6.92 Å². The van der Waals surface area contributed by atoms with Crippen LogP contribution in [-0.4, -0.2) is 11.1 Å². The van der Waals surface area contributed by atoms with Gasteiger partial charge >= 0.3 is 5.97 Å². The van der Waals surface area contributed by atoms with Crippen LogP contribution >= 0.6 is 0 Å². The third kappa shape index (κ3) is 1.77. The molecule has 1 N–H and O–H groups in total. The van der Waals surface area contributed by atoms with Gasteiger partial charge in [0.05, 0.1) is 18.1 Å². The van der Waals surface area contributed by atoms with Gasteiger partial charge in [0.2, 0.25) is 0 Å². The van der Waals surface area contributed by atoms with Gasteiger partial charge in [-0.1, -0.05) is 0 Å². The van der Waals surface area contributed by atoms with Crippen molar-refractivity contribution in [2.24, 2.45) is 0 Å². The highest BCUT2D eigenvalue weighted by atomic mass is 16.4. The van der Waals surface area contributed by atoms with E-state index >= 15 is 0 Å². The summed E-state index contributed by atoms with van der Waals surface area (Å²) in [5.41, 5.74) is 0.646. The van der Waals surface area contributed by atoms with Crippen LogP contribution in [0, 0.1) is 0 Å². The molecule has 0 radical (unpaired) electrons. The van der Waals surface area contributed by atoms with E-state index in [0.717, 1.165) is 0 Å². The number of carbonyl (C=O) groups is 1. The zero-order valence-corrected chi connectivity index (χ0v) is 8.64. The molecule has 0 aromatic carbocycles. The molecule has 0 spiro atoms. The Morgan fingerprint density at radius 2 is 1.62 bits per heavy atom. The highest BCUT2D eigenvalue weighted by Crippen LogP contribution is 2.27. The average Bonchev–Trinajstić information content (AvgIpc) is 2.89. The van der Waals surface area contributed by atoms with Gasteiger partial charge in [-0.25, -0.2) is 4.79 Å². The first kappa shape index (κ1) is 10.3. The van der Waals surface area contributed by atoms with Gasteiger partial charge in [0.15, 0.2) is 0 Å². The Hall–Kier alpha value is -2.23. The molecule has 16 heavy (non-hydrogen) atoms. The van der Waals surface area contributed by atoms with Crippen LogP contribution in [0.2, 0.25) is 0 Å². The van der Waals surface area contributed by atoms with E-state index < -0.39 is 5.97 Å². The summed E-state index contributed by atoms with van der Waals surface area (Å²) in [5.74, 6) is -0.0347. The van der Waals surface area contributed by atoms with Gasteiger partial charge in [-0.15, -0.1) is 0 Å². The van der Waals surface area contributed by atoms with Crippen molar-refractivity contribution in [1.82, 2.24) is 0 Å². The topological polar surface area (TPSA) is 63.6 Å². The van der Waals surface area contributed by atoms with E-state index in [2.05, 4.69) is 0 Å². The number of hydrogen-bond donors (Lipinski definition) is 1. The number of furan rings is 2. The van der Waals surface area contributed by atoms with E-state index in [9.17, 15) is 4.79 Å². The minimum atomic E-state index is -0.997. The first-order valence-corrected chi connectivity index (χ1v) is 4.72. The molecule has 82 valence electrons. The summed E-state index contributed by atoms with van der Waals surface area (Å²) in [6.07, 6.45) is 2.99. The molecule has 4 nitrogen and oxygen atoms in total. The minimum absolute atomic E-state index is 0.185. The smallest absolute Gasteiger partial charge is 0.332 e. The summed E-state index contributed by atoms with van der Waals surface area (Å²) < 4.78 is 10.4. The summed E-state index contributed by atoms with van der Waals surface area (Å²) in [4.78, 5) is 11.0. The number of hydrogen-bond acceptors (Lipinski definition) is 3. The lowest BCUT2D eigenvalue weighted by Gasteiger charge is -2.03. The van der Waals surface area contributed by atoms with Crippen LogP contribution in [0.4, 0.5) is 0 Å². The third-order valence-corrected chi connectivity index (χ3v) is 2.23. The molecule has 0 unspecified atom stereocenters. The Morgan fingerprint density at radius 3 is 1.94 bits per heavy atom. The quantitative estimate of drug-likeness (QED) is 0.804. The van der Waals surface area contributed by atoms with Gasteiger partial charge in [-0.05, 0) is 31.2 Å². The van der Waals surface area contributed by atoms with Gasteiger partial charge in [-0.2, -0.15) is 0 Å². The zero-order valence-electron chi connectivity index (χ0n) is 8.64. The van der Waals surface area contributed by atoms with E-state index in [1.54, 1.807) is 24.3 Å². The number of carboxylic acid groups (broad SMARTS) is 1. The molecule has 2 aromatic heterocycles. The molecule has 2 rings (SSSR count). The number of aliphatic carboxylic acids is 1. The molecular weight excluding hydrogens is 208 g/mol. The Bertz CT molecular complexity index is 467. The monoisotopic (exact) mass is 218 g/mol. The van der Waals surface area contributed by atoms with Crippen LogP contribution in [0.15, 0.2) is 51.2 Å². The summed E-state index contributed by atoms with van der Waals surface area (Å²) in [7, 11) is 0. The Morgan fingerprint density at radius 1 is 1.12 bits per heavy atom. The van der Waals surface area contributed by atoms with Crippen molar-refractivity contribution in [3.63, 3.8) is 0 Å². The maximum absolute atomic E-state index is 11.0. The first-order chi connectivity index (χ1) is 7.70. The molecule has 0 aliphatic carbocycles. The van der Waals surface area contributed by atoms with E-state index in [0.29, 0.717) is 17.1 Å². The minimum Gasteiger partial charge on any atom is -0.478 e. The van der Waals surface area contributed by atoms with Crippen LogP contribution in [0.3, 0.4) is 0 Å². The molecule has 0 aliphatic heterocycles. The Balaban J connectivity index is 2.60. The number of rotatable bonds is 3. The second-order valence-corrected chi connectivity index (χ2v) is 3.26. The average molecular weight is 218 g/mol. The second kappa shape index (κ2) is 4.10. The molecule has 0 amide bonds. The van der Waals surface area contributed by atoms with Crippen molar-refractivity contribution in [3.05, 3.63) is 53.9 Å². The molecule has 0 atom stereocenters. The van der Waals surface area contributed by atoms with E-state index in [1.165, 1.54) is 19.5 Å². The van der Waals surface area contributed by atoms with E-state index in [4.69, 9.17) is 13.9 Å². The largest absolute Gasteiger partial charge is 0.478 e. The van der Waals surface area contributed by atoms with Crippen LogP contribution in [0.5, 0.6) is 0 Å². The van der Waals surface area contributed by atoms with Crippen molar-refractivity contribution in [1.29, 1.82) is 0 Å². The van der Waals surface area contributed by atoms with Crippen LogP contribution in [0.1, 0.15) is 18.4 Å². The van der Waals surface area contributed by atoms with Crippen molar-refractivity contribution >= 4 is 11.5 Å². The molecule has 0 bridgehead atoms. The fraction of sp³-hybridized carbons (Fsp3) is 0.0833. The predicted octanol–water partition coefficient (Wildman–Crippen LogP) is 2.78. The maximum atomic E-state index is 11.0.